The first kappa shape index (κ1) is 20.8. The average molecular weight is 375 g/mol. The molecule has 1 aliphatic heterocycles. The molecule has 1 aliphatic rings. The zero-order valence-corrected chi connectivity index (χ0v) is 16.2. The molecule has 8 nitrogen and oxygen atoms in total. The number of nitrogens with one attached hydrogen (secondary N) is 3. The first-order chi connectivity index (χ1) is 12.9. The van der Waals surface area contributed by atoms with Crippen molar-refractivity contribution in [2.24, 2.45) is 11.8 Å². The van der Waals surface area contributed by atoms with E-state index in [0.29, 0.717) is 44.2 Å². The molecule has 27 heavy (non-hydrogen) atoms. The second kappa shape index (κ2) is 10.0. The minimum Gasteiger partial charge on any atom is -0.338 e. The number of pyridine rings is 1. The van der Waals surface area contributed by atoms with Crippen LogP contribution < -0.4 is 16.0 Å². The summed E-state index contributed by atoms with van der Waals surface area (Å²) in [6, 6.07) is 4.48. The third kappa shape index (κ3) is 6.63. The highest BCUT2D eigenvalue weighted by molar-refractivity contribution is 5.96. The summed E-state index contributed by atoms with van der Waals surface area (Å²) in [6.45, 7) is 7.52. The molecule has 0 radical (unpaired) electrons. The minimum absolute atomic E-state index is 0.0430. The Labute approximate surface area is 160 Å². The van der Waals surface area contributed by atoms with Gasteiger partial charge in [-0.15, -0.1) is 0 Å². The Bertz CT molecular complexity index is 642. The largest absolute Gasteiger partial charge is 0.338 e. The molecule has 0 aromatic carbocycles. The Kier molecular flexibility index (Phi) is 7.72. The van der Waals surface area contributed by atoms with Gasteiger partial charge in [-0.1, -0.05) is 19.9 Å². The van der Waals surface area contributed by atoms with Gasteiger partial charge >= 0.3 is 6.03 Å². The number of hydrogen-bond acceptors (Lipinski definition) is 5. The Morgan fingerprint density at radius 1 is 1.19 bits per heavy atom. The molecule has 2 rings (SSSR count). The molecule has 0 bridgehead atoms. The highest BCUT2D eigenvalue weighted by atomic mass is 16.2. The number of carbonyl (C=O) groups excluding carboxylic acids is 3. The summed E-state index contributed by atoms with van der Waals surface area (Å²) in [5, 5.41) is 7.88. The normalized spacial score (nSPS) is 16.6. The smallest absolute Gasteiger partial charge is 0.321 e. The number of carbonyl (C=O) groups is 3. The van der Waals surface area contributed by atoms with Gasteiger partial charge in [-0.25, -0.2) is 9.78 Å². The molecular weight excluding hydrogens is 346 g/mol. The monoisotopic (exact) mass is 375 g/mol. The zero-order valence-electron chi connectivity index (χ0n) is 16.2. The van der Waals surface area contributed by atoms with E-state index in [1.807, 2.05) is 24.8 Å². The molecule has 1 atom stereocenters. The molecule has 148 valence electrons. The molecule has 0 aliphatic carbocycles. The lowest BCUT2D eigenvalue weighted by atomic mass is 9.95. The number of rotatable bonds is 6. The second-order valence-corrected chi connectivity index (χ2v) is 7.28. The molecule has 1 aromatic rings. The van der Waals surface area contributed by atoms with E-state index in [1.165, 1.54) is 0 Å². The van der Waals surface area contributed by atoms with Crippen molar-refractivity contribution in [2.45, 2.75) is 39.7 Å². The molecule has 4 amide bonds. The second-order valence-electron chi connectivity index (χ2n) is 7.28. The fourth-order valence-electron chi connectivity index (χ4n) is 2.94. The fourth-order valence-corrected chi connectivity index (χ4v) is 2.94. The van der Waals surface area contributed by atoms with E-state index in [0.717, 1.165) is 0 Å². The summed E-state index contributed by atoms with van der Waals surface area (Å²) in [7, 11) is 0. The molecule has 1 saturated heterocycles. The lowest BCUT2D eigenvalue weighted by Gasteiger charge is -2.34. The van der Waals surface area contributed by atoms with Gasteiger partial charge in [0.25, 0.3) is 0 Å². The van der Waals surface area contributed by atoms with Crippen LogP contribution in [-0.4, -0.2) is 53.4 Å². The summed E-state index contributed by atoms with van der Waals surface area (Å²) >= 11 is 0. The Morgan fingerprint density at radius 3 is 2.48 bits per heavy atom. The first-order valence-corrected chi connectivity index (χ1v) is 9.41. The van der Waals surface area contributed by atoms with Crippen molar-refractivity contribution in [1.29, 1.82) is 0 Å². The third-order valence-corrected chi connectivity index (χ3v) is 4.65. The minimum atomic E-state index is -0.467. The van der Waals surface area contributed by atoms with Gasteiger partial charge in [0.1, 0.15) is 5.82 Å². The number of amides is 4. The number of anilines is 1. The maximum Gasteiger partial charge on any atom is 0.321 e. The molecule has 0 saturated carbocycles. The Hall–Kier alpha value is -2.48. The van der Waals surface area contributed by atoms with Gasteiger partial charge in [0.05, 0.1) is 6.04 Å². The van der Waals surface area contributed by atoms with Crippen LogP contribution in [0.25, 0.3) is 0 Å². The summed E-state index contributed by atoms with van der Waals surface area (Å²) in [5.74, 6) is 0.392. The summed E-state index contributed by atoms with van der Waals surface area (Å²) in [6.07, 6.45) is 2.96. The van der Waals surface area contributed by atoms with Crippen molar-refractivity contribution in [3.8, 4) is 0 Å². The molecule has 2 heterocycles. The third-order valence-electron chi connectivity index (χ3n) is 4.65. The van der Waals surface area contributed by atoms with Crippen LogP contribution in [-0.2, 0) is 9.59 Å². The molecule has 3 N–H and O–H groups in total. The van der Waals surface area contributed by atoms with Gasteiger partial charge < -0.3 is 10.6 Å². The van der Waals surface area contributed by atoms with E-state index in [9.17, 15) is 14.4 Å². The zero-order chi connectivity index (χ0) is 19.8. The van der Waals surface area contributed by atoms with E-state index in [4.69, 9.17) is 0 Å². The first-order valence-electron chi connectivity index (χ1n) is 9.41. The van der Waals surface area contributed by atoms with Gasteiger partial charge in [0.15, 0.2) is 0 Å². The highest BCUT2D eigenvalue weighted by Crippen LogP contribution is 2.20. The highest BCUT2D eigenvalue weighted by Gasteiger charge is 2.30. The number of aromatic nitrogens is 1. The van der Waals surface area contributed by atoms with Crippen molar-refractivity contribution < 1.29 is 14.4 Å². The van der Waals surface area contributed by atoms with Crippen LogP contribution in [0.1, 0.15) is 33.6 Å². The number of likely N-dealkylation sites (tertiary alicyclic amines) is 1. The van der Waals surface area contributed by atoms with Gasteiger partial charge in [0.2, 0.25) is 11.8 Å². The van der Waals surface area contributed by atoms with E-state index in [1.54, 1.807) is 25.3 Å². The van der Waals surface area contributed by atoms with Crippen molar-refractivity contribution in [3.05, 3.63) is 24.4 Å². The quantitative estimate of drug-likeness (QED) is 0.701. The van der Waals surface area contributed by atoms with Crippen molar-refractivity contribution in [3.63, 3.8) is 0 Å². The van der Waals surface area contributed by atoms with E-state index < -0.39 is 12.1 Å². The maximum atomic E-state index is 12.3. The fraction of sp³-hybridized carbons (Fsp3) is 0.579. The van der Waals surface area contributed by atoms with Gasteiger partial charge in [-0.05, 0) is 50.9 Å². The predicted octanol–water partition coefficient (Wildman–Crippen LogP) is 1.60. The molecule has 1 fully saturated rings. The summed E-state index contributed by atoms with van der Waals surface area (Å²) < 4.78 is 0. The SMILES string of the molecule is CC(C)CNC(=O)NC(=O)C(C)N1CCC(C(=O)Nc2ccccn2)CC1. The van der Waals surface area contributed by atoms with Crippen LogP contribution in [0.5, 0.6) is 0 Å². The van der Waals surface area contributed by atoms with Crippen LogP contribution in [0.3, 0.4) is 0 Å². The van der Waals surface area contributed by atoms with Crippen LogP contribution in [0.15, 0.2) is 24.4 Å². The Morgan fingerprint density at radius 2 is 1.89 bits per heavy atom. The number of urea groups is 1. The predicted molar refractivity (Wildman–Crippen MR) is 103 cm³/mol. The number of nitrogens with zero attached hydrogens (tertiary/aromatic N) is 2. The van der Waals surface area contributed by atoms with E-state index >= 15 is 0 Å². The maximum absolute atomic E-state index is 12.3. The Balaban J connectivity index is 1.76. The van der Waals surface area contributed by atoms with Gasteiger partial charge in [0, 0.05) is 18.7 Å². The molecule has 1 unspecified atom stereocenters. The van der Waals surface area contributed by atoms with Crippen molar-refractivity contribution >= 4 is 23.7 Å². The van der Waals surface area contributed by atoms with Crippen molar-refractivity contribution in [1.82, 2.24) is 20.5 Å². The lowest BCUT2D eigenvalue weighted by Crippen LogP contribution is -2.52. The molecule has 0 spiro atoms. The van der Waals surface area contributed by atoms with Gasteiger partial charge in [-0.2, -0.15) is 0 Å². The standard InChI is InChI=1S/C19H29N5O3/c1-13(2)12-21-19(27)23-17(25)14(3)24-10-7-15(8-11-24)18(26)22-16-6-4-5-9-20-16/h4-6,9,13-15H,7-8,10-12H2,1-3H3,(H,20,22,26)(H2,21,23,25,27). The number of hydrogen-bond donors (Lipinski definition) is 3. The van der Waals surface area contributed by atoms with Crippen LogP contribution >= 0.6 is 0 Å². The number of imide groups is 1. The number of piperidine rings is 1. The molecular formula is C19H29N5O3. The van der Waals surface area contributed by atoms with Crippen molar-refractivity contribution in [2.75, 3.05) is 25.0 Å². The average Bonchev–Trinajstić information content (AvgIpc) is 2.66. The summed E-state index contributed by atoms with van der Waals surface area (Å²) in [5.41, 5.74) is 0. The molecule has 1 aromatic heterocycles. The van der Waals surface area contributed by atoms with Crippen LogP contribution in [0, 0.1) is 11.8 Å². The van der Waals surface area contributed by atoms with E-state index in [2.05, 4.69) is 20.9 Å². The molecule has 8 heteroatoms. The van der Waals surface area contributed by atoms with Crippen LogP contribution in [0.2, 0.25) is 0 Å². The van der Waals surface area contributed by atoms with Crippen LogP contribution in [0.4, 0.5) is 10.6 Å². The lowest BCUT2D eigenvalue weighted by molar-refractivity contribution is -0.126. The van der Waals surface area contributed by atoms with E-state index in [-0.39, 0.29) is 17.7 Å². The topological polar surface area (TPSA) is 103 Å². The van der Waals surface area contributed by atoms with Gasteiger partial charge in [-0.3, -0.25) is 19.8 Å². The summed E-state index contributed by atoms with van der Waals surface area (Å²) in [4.78, 5) is 42.4.